The zero-order valence-electron chi connectivity index (χ0n) is 20.0. The Hall–Kier alpha value is -3.11. The molecule has 1 aliphatic carbocycles. The van der Waals surface area contributed by atoms with E-state index in [2.05, 4.69) is 0 Å². The van der Waals surface area contributed by atoms with Crippen LogP contribution in [0.1, 0.15) is 71.3 Å². The lowest BCUT2D eigenvalue weighted by Gasteiger charge is -2.29. The molecule has 1 atom stereocenters. The van der Waals surface area contributed by atoms with Crippen molar-refractivity contribution in [3.05, 3.63) is 50.8 Å². The predicted molar refractivity (Wildman–Crippen MR) is 123 cm³/mol. The van der Waals surface area contributed by atoms with Crippen LogP contribution in [0.25, 0.3) is 5.69 Å². The monoisotopic (exact) mass is 470 g/mol. The number of carbonyl (C=O) groups is 2. The Balaban J connectivity index is 1.82. The van der Waals surface area contributed by atoms with E-state index >= 15 is 0 Å². The second-order valence-corrected chi connectivity index (χ2v) is 9.74. The van der Waals surface area contributed by atoms with Crippen LogP contribution in [-0.2, 0) is 15.9 Å². The van der Waals surface area contributed by atoms with Gasteiger partial charge in [-0.3, -0.25) is 19.7 Å². The molecule has 10 nitrogen and oxygen atoms in total. The van der Waals surface area contributed by atoms with Crippen molar-refractivity contribution >= 4 is 17.4 Å². The van der Waals surface area contributed by atoms with E-state index in [0.29, 0.717) is 49.6 Å². The highest BCUT2D eigenvalue weighted by Crippen LogP contribution is 2.42. The molecule has 182 valence electrons. The number of nitro groups is 1. The minimum atomic E-state index is -0.517. The molecule has 1 aromatic carbocycles. The van der Waals surface area contributed by atoms with Gasteiger partial charge in [0.1, 0.15) is 17.5 Å². The summed E-state index contributed by atoms with van der Waals surface area (Å²) in [6.45, 7) is 5.32. The molecule has 1 fully saturated rings. The second kappa shape index (κ2) is 9.27. The zero-order chi connectivity index (χ0) is 24.6. The van der Waals surface area contributed by atoms with Crippen molar-refractivity contribution in [2.45, 2.75) is 45.6 Å². The number of hydrogen-bond donors (Lipinski definition) is 0. The summed E-state index contributed by atoms with van der Waals surface area (Å²) in [5.41, 5.74) is 1.63. The molecule has 1 unspecified atom stereocenters. The van der Waals surface area contributed by atoms with Gasteiger partial charge in [0.2, 0.25) is 0 Å². The average Bonchev–Trinajstić information content (AvgIpc) is 3.43. The third-order valence-corrected chi connectivity index (χ3v) is 6.43. The van der Waals surface area contributed by atoms with Gasteiger partial charge in [-0.05, 0) is 36.8 Å². The van der Waals surface area contributed by atoms with Crippen molar-refractivity contribution in [2.75, 3.05) is 33.9 Å². The van der Waals surface area contributed by atoms with Crippen molar-refractivity contribution in [1.82, 2.24) is 14.7 Å². The van der Waals surface area contributed by atoms with E-state index in [1.54, 1.807) is 20.2 Å². The Labute approximate surface area is 198 Å². The molecule has 2 heterocycles. The molecule has 0 spiro atoms. The molecule has 2 aliphatic rings. The number of nitrogens with zero attached hydrogens (tertiary/aromatic N) is 4. The van der Waals surface area contributed by atoms with Gasteiger partial charge in [0.15, 0.2) is 5.78 Å². The maximum absolute atomic E-state index is 13.1. The zero-order valence-corrected chi connectivity index (χ0v) is 20.0. The highest BCUT2D eigenvalue weighted by molar-refractivity contribution is 6.00. The Morgan fingerprint density at radius 2 is 2.15 bits per heavy atom. The Bertz CT molecular complexity index is 1130. The van der Waals surface area contributed by atoms with E-state index in [4.69, 9.17) is 14.6 Å². The lowest BCUT2D eigenvalue weighted by atomic mass is 9.75. The molecule has 1 aliphatic heterocycles. The molecule has 0 bridgehead atoms. The molecule has 4 rings (SSSR count). The number of amides is 1. The summed E-state index contributed by atoms with van der Waals surface area (Å²) in [6.07, 6.45) is 2.26. The van der Waals surface area contributed by atoms with Crippen LogP contribution >= 0.6 is 0 Å². The number of rotatable bonds is 7. The van der Waals surface area contributed by atoms with Crippen LogP contribution in [0.15, 0.2) is 18.2 Å². The molecule has 10 heteroatoms. The van der Waals surface area contributed by atoms with E-state index in [9.17, 15) is 19.7 Å². The first-order valence-electron chi connectivity index (χ1n) is 11.4. The summed E-state index contributed by atoms with van der Waals surface area (Å²) in [7, 11) is 3.16. The summed E-state index contributed by atoms with van der Waals surface area (Å²) in [6, 6.07) is 4.37. The van der Waals surface area contributed by atoms with Crippen LogP contribution in [0.3, 0.4) is 0 Å². The summed E-state index contributed by atoms with van der Waals surface area (Å²) in [5.74, 6) is -0.359. The van der Waals surface area contributed by atoms with E-state index in [1.807, 2.05) is 13.8 Å². The van der Waals surface area contributed by atoms with Crippen molar-refractivity contribution in [1.29, 1.82) is 0 Å². The van der Waals surface area contributed by atoms with Gasteiger partial charge in [-0.1, -0.05) is 13.8 Å². The van der Waals surface area contributed by atoms with Gasteiger partial charge in [0.05, 0.1) is 22.8 Å². The standard InChI is InChI=1S/C24H30N4O6/c1-24(2)13-18-21(19(29)14-24)22(20-6-5-10-34-20)25-27(18)16-8-7-15(12-17(16)28(31)32)23(30)26(3)9-11-33-4/h7-8,12,20H,5-6,9-11,13-14H2,1-4H3. The first kappa shape index (κ1) is 24.0. The number of fused-ring (bicyclic) bond motifs is 1. The number of carbonyl (C=O) groups excluding carboxylic acids is 2. The van der Waals surface area contributed by atoms with E-state index in [0.717, 1.165) is 12.8 Å². The van der Waals surface area contributed by atoms with Crippen LogP contribution in [0.4, 0.5) is 5.69 Å². The fraction of sp³-hybridized carbons (Fsp3) is 0.542. The quantitative estimate of drug-likeness (QED) is 0.449. The third kappa shape index (κ3) is 4.47. The molecule has 2 aromatic rings. The number of hydrogen-bond acceptors (Lipinski definition) is 7. The fourth-order valence-corrected chi connectivity index (χ4v) is 4.73. The molecule has 0 N–H and O–H groups in total. The van der Waals surface area contributed by atoms with Crippen molar-refractivity contribution in [2.24, 2.45) is 5.41 Å². The molecule has 0 radical (unpaired) electrons. The Morgan fingerprint density at radius 1 is 1.38 bits per heavy atom. The smallest absolute Gasteiger partial charge is 0.295 e. The molecule has 34 heavy (non-hydrogen) atoms. The highest BCUT2D eigenvalue weighted by Gasteiger charge is 2.40. The fourth-order valence-electron chi connectivity index (χ4n) is 4.73. The van der Waals surface area contributed by atoms with Gasteiger partial charge in [-0.25, -0.2) is 4.68 Å². The third-order valence-electron chi connectivity index (χ3n) is 6.43. The first-order valence-corrected chi connectivity index (χ1v) is 11.4. The summed E-state index contributed by atoms with van der Waals surface area (Å²) < 4.78 is 12.3. The lowest BCUT2D eigenvalue weighted by Crippen LogP contribution is -2.30. The highest BCUT2D eigenvalue weighted by atomic mass is 16.6. The van der Waals surface area contributed by atoms with E-state index < -0.39 is 4.92 Å². The van der Waals surface area contributed by atoms with Crippen LogP contribution in [0.2, 0.25) is 0 Å². The number of Topliss-reactive ketones (excluding diaryl/α,β-unsaturated/α-hetero) is 1. The number of methoxy groups -OCH3 is 1. The van der Waals surface area contributed by atoms with Crippen molar-refractivity contribution in [3.8, 4) is 5.69 Å². The van der Waals surface area contributed by atoms with Gasteiger partial charge in [-0.15, -0.1) is 0 Å². The maximum atomic E-state index is 13.1. The molecule has 0 saturated carbocycles. The van der Waals surface area contributed by atoms with Crippen molar-refractivity contribution in [3.63, 3.8) is 0 Å². The van der Waals surface area contributed by atoms with Crippen LogP contribution in [0, 0.1) is 15.5 Å². The minimum absolute atomic E-state index is 0.0165. The number of ketones is 1. The van der Waals surface area contributed by atoms with Crippen LogP contribution in [-0.4, -0.2) is 65.2 Å². The molecular formula is C24H30N4O6. The second-order valence-electron chi connectivity index (χ2n) is 9.74. The van der Waals surface area contributed by atoms with Gasteiger partial charge < -0.3 is 14.4 Å². The molecular weight excluding hydrogens is 440 g/mol. The Morgan fingerprint density at radius 3 is 2.79 bits per heavy atom. The lowest BCUT2D eigenvalue weighted by molar-refractivity contribution is -0.384. The maximum Gasteiger partial charge on any atom is 0.295 e. The molecule has 1 saturated heterocycles. The molecule has 1 aromatic heterocycles. The van der Waals surface area contributed by atoms with Gasteiger partial charge in [0, 0.05) is 45.4 Å². The van der Waals surface area contributed by atoms with E-state index in [-0.39, 0.29) is 40.1 Å². The largest absolute Gasteiger partial charge is 0.383 e. The topological polar surface area (TPSA) is 117 Å². The first-order chi connectivity index (χ1) is 16.1. The normalized spacial score (nSPS) is 19.2. The van der Waals surface area contributed by atoms with E-state index in [1.165, 1.54) is 21.7 Å². The van der Waals surface area contributed by atoms with Crippen LogP contribution < -0.4 is 0 Å². The Kier molecular flexibility index (Phi) is 6.55. The summed E-state index contributed by atoms with van der Waals surface area (Å²) in [5, 5.41) is 16.8. The number of ether oxygens (including phenoxy) is 2. The summed E-state index contributed by atoms with van der Waals surface area (Å²) in [4.78, 5) is 38.9. The predicted octanol–water partition coefficient (Wildman–Crippen LogP) is 3.51. The SMILES string of the molecule is COCCN(C)C(=O)c1ccc(-n2nc(C3CCCO3)c3c2CC(C)(C)CC3=O)c([N+](=O)[O-])c1. The number of likely N-dealkylation sites (N-methyl/N-ethyl adjacent to an activating group) is 1. The number of benzene rings is 1. The molecule has 1 amide bonds. The van der Waals surface area contributed by atoms with Gasteiger partial charge in [0.25, 0.3) is 11.6 Å². The van der Waals surface area contributed by atoms with Gasteiger partial charge in [-0.2, -0.15) is 5.10 Å². The van der Waals surface area contributed by atoms with Crippen LogP contribution in [0.5, 0.6) is 0 Å². The summed E-state index contributed by atoms with van der Waals surface area (Å²) >= 11 is 0. The van der Waals surface area contributed by atoms with Crippen molar-refractivity contribution < 1.29 is 24.0 Å². The van der Waals surface area contributed by atoms with Gasteiger partial charge >= 0.3 is 0 Å². The average molecular weight is 471 g/mol. The minimum Gasteiger partial charge on any atom is -0.383 e. The number of nitro benzene ring substituents is 1. The number of aromatic nitrogens is 2.